The van der Waals surface area contributed by atoms with Crippen LogP contribution in [0.5, 0.6) is 0 Å². The van der Waals surface area contributed by atoms with E-state index in [0.29, 0.717) is 19.3 Å². The lowest BCUT2D eigenvalue weighted by atomic mass is 10.1. The van der Waals surface area contributed by atoms with Crippen LogP contribution in [0.1, 0.15) is 278 Å². The molecule has 0 bridgehead atoms. The van der Waals surface area contributed by atoms with Crippen molar-refractivity contribution in [2.24, 2.45) is 0 Å². The number of carbonyl (C=O) groups excluding carboxylic acids is 3. The van der Waals surface area contributed by atoms with E-state index < -0.39 is 6.10 Å². The molecule has 0 aliphatic rings. The molecule has 0 aromatic carbocycles. The Morgan fingerprint density at radius 3 is 0.905 bits per heavy atom. The molecule has 366 valence electrons. The molecule has 1 atom stereocenters. The van der Waals surface area contributed by atoms with Gasteiger partial charge in [-0.05, 0) is 83.5 Å². The standard InChI is InChI=1S/C57H102O6/c1-4-7-10-13-16-19-22-24-26-27-28-29-31-33-36-38-41-44-47-50-56(59)62-53-54(63-57(60)51-48-45-42-39-34-21-18-15-12-9-6-3)52-61-55(58)49-46-43-40-37-35-32-30-25-23-20-17-14-11-8-5-2/h16-17,19-20,24-26,30,54H,4-15,18,21-23,27-29,31-53H2,1-3H3/b19-16-,20-17-,26-24-,30-25-/t54-/m0/s1. The summed E-state index contributed by atoms with van der Waals surface area (Å²) in [7, 11) is 0. The highest BCUT2D eigenvalue weighted by Gasteiger charge is 2.19. The molecule has 6 heteroatoms. The first-order chi connectivity index (χ1) is 31.0. The molecule has 0 rings (SSSR count). The monoisotopic (exact) mass is 883 g/mol. The Balaban J connectivity index is 4.33. The molecule has 0 amide bonds. The quantitative estimate of drug-likeness (QED) is 0.0262. The summed E-state index contributed by atoms with van der Waals surface area (Å²) in [6.45, 7) is 6.58. The van der Waals surface area contributed by atoms with Crippen LogP contribution in [0.25, 0.3) is 0 Å². The van der Waals surface area contributed by atoms with Gasteiger partial charge in [0.15, 0.2) is 6.10 Å². The van der Waals surface area contributed by atoms with Gasteiger partial charge in [0.05, 0.1) is 0 Å². The predicted octanol–water partition coefficient (Wildman–Crippen LogP) is 17.9. The first kappa shape index (κ1) is 60.4. The van der Waals surface area contributed by atoms with Gasteiger partial charge in [-0.2, -0.15) is 0 Å². The molecule has 0 radical (unpaired) electrons. The minimum absolute atomic E-state index is 0.0776. The van der Waals surface area contributed by atoms with Crippen molar-refractivity contribution in [1.82, 2.24) is 0 Å². The van der Waals surface area contributed by atoms with Gasteiger partial charge in [0, 0.05) is 19.3 Å². The lowest BCUT2D eigenvalue weighted by molar-refractivity contribution is -0.167. The van der Waals surface area contributed by atoms with E-state index in [0.717, 1.165) is 83.5 Å². The predicted molar refractivity (Wildman–Crippen MR) is 270 cm³/mol. The van der Waals surface area contributed by atoms with Crippen LogP contribution in [0.4, 0.5) is 0 Å². The number of ether oxygens (including phenoxy) is 3. The Bertz CT molecular complexity index is 1110. The van der Waals surface area contributed by atoms with Crippen molar-refractivity contribution in [3.63, 3.8) is 0 Å². The van der Waals surface area contributed by atoms with Crippen molar-refractivity contribution in [3.8, 4) is 0 Å². The summed E-state index contributed by atoms with van der Waals surface area (Å²) in [5.41, 5.74) is 0. The Kier molecular flexibility index (Phi) is 49.8. The first-order valence-electron chi connectivity index (χ1n) is 27.1. The molecular weight excluding hydrogens is 781 g/mol. The molecule has 0 unspecified atom stereocenters. The van der Waals surface area contributed by atoms with E-state index in [1.165, 1.54) is 154 Å². The van der Waals surface area contributed by atoms with Gasteiger partial charge in [0.1, 0.15) is 13.2 Å². The Morgan fingerprint density at radius 2 is 0.571 bits per heavy atom. The summed E-state index contributed by atoms with van der Waals surface area (Å²) in [6, 6.07) is 0. The molecule has 0 spiro atoms. The molecule has 0 aliphatic carbocycles. The van der Waals surface area contributed by atoms with Crippen LogP contribution in [-0.2, 0) is 28.6 Å². The Labute approximate surface area is 390 Å². The normalized spacial score (nSPS) is 12.4. The third kappa shape index (κ3) is 50.2. The van der Waals surface area contributed by atoms with Gasteiger partial charge in [-0.15, -0.1) is 0 Å². The molecule has 0 aromatic heterocycles. The van der Waals surface area contributed by atoms with E-state index >= 15 is 0 Å². The maximum absolute atomic E-state index is 12.8. The average Bonchev–Trinajstić information content (AvgIpc) is 3.28. The molecule has 0 saturated heterocycles. The second-order valence-corrected chi connectivity index (χ2v) is 18.1. The molecule has 0 N–H and O–H groups in total. The zero-order valence-corrected chi connectivity index (χ0v) is 41.8. The molecule has 63 heavy (non-hydrogen) atoms. The first-order valence-corrected chi connectivity index (χ1v) is 27.1. The van der Waals surface area contributed by atoms with E-state index in [1.54, 1.807) is 0 Å². The summed E-state index contributed by atoms with van der Waals surface area (Å²) in [6.07, 6.45) is 62.3. The summed E-state index contributed by atoms with van der Waals surface area (Å²) in [5.74, 6) is -0.887. The van der Waals surface area contributed by atoms with Crippen molar-refractivity contribution in [2.75, 3.05) is 13.2 Å². The molecule has 0 heterocycles. The van der Waals surface area contributed by atoms with E-state index in [1.807, 2.05) is 0 Å². The smallest absolute Gasteiger partial charge is 0.306 e. The van der Waals surface area contributed by atoms with Crippen molar-refractivity contribution in [2.45, 2.75) is 284 Å². The van der Waals surface area contributed by atoms with Gasteiger partial charge in [-0.3, -0.25) is 14.4 Å². The second-order valence-electron chi connectivity index (χ2n) is 18.1. The van der Waals surface area contributed by atoms with Crippen molar-refractivity contribution >= 4 is 17.9 Å². The highest BCUT2D eigenvalue weighted by Crippen LogP contribution is 2.15. The Morgan fingerprint density at radius 1 is 0.317 bits per heavy atom. The SMILES string of the molecule is CCCCC/C=C\C/C=C\CCCCCCCCCCCC(=O)OC[C@H](COC(=O)CCCCCCC/C=C\C/C=C\CCCCC)OC(=O)CCCCCCCCCCCCC. The van der Waals surface area contributed by atoms with E-state index in [2.05, 4.69) is 69.4 Å². The zero-order chi connectivity index (χ0) is 45.8. The van der Waals surface area contributed by atoms with Gasteiger partial charge in [-0.1, -0.05) is 223 Å². The highest BCUT2D eigenvalue weighted by molar-refractivity contribution is 5.71. The van der Waals surface area contributed by atoms with Crippen molar-refractivity contribution < 1.29 is 28.6 Å². The summed E-state index contributed by atoms with van der Waals surface area (Å²) in [5, 5.41) is 0. The average molecular weight is 883 g/mol. The number of hydrogen-bond donors (Lipinski definition) is 0. The largest absolute Gasteiger partial charge is 0.462 e. The molecule has 0 aliphatic heterocycles. The molecule has 0 saturated carbocycles. The minimum Gasteiger partial charge on any atom is -0.462 e. The third-order valence-corrected chi connectivity index (χ3v) is 11.8. The third-order valence-electron chi connectivity index (χ3n) is 11.8. The minimum atomic E-state index is -0.777. The van der Waals surface area contributed by atoms with E-state index in [9.17, 15) is 14.4 Å². The number of esters is 3. The van der Waals surface area contributed by atoms with Gasteiger partial charge in [-0.25, -0.2) is 0 Å². The zero-order valence-electron chi connectivity index (χ0n) is 41.8. The van der Waals surface area contributed by atoms with Crippen molar-refractivity contribution in [1.29, 1.82) is 0 Å². The van der Waals surface area contributed by atoms with Crippen LogP contribution in [0.2, 0.25) is 0 Å². The van der Waals surface area contributed by atoms with Gasteiger partial charge in [0.25, 0.3) is 0 Å². The van der Waals surface area contributed by atoms with E-state index in [-0.39, 0.29) is 31.1 Å². The number of carbonyl (C=O) groups is 3. The van der Waals surface area contributed by atoms with Crippen LogP contribution in [-0.4, -0.2) is 37.2 Å². The van der Waals surface area contributed by atoms with Crippen LogP contribution >= 0.6 is 0 Å². The fourth-order valence-corrected chi connectivity index (χ4v) is 7.68. The number of unbranched alkanes of at least 4 members (excludes halogenated alkanes) is 30. The highest BCUT2D eigenvalue weighted by atomic mass is 16.6. The molecule has 0 aromatic rings. The summed E-state index contributed by atoms with van der Waals surface area (Å²) < 4.78 is 16.8. The molecule has 6 nitrogen and oxygen atoms in total. The molecular formula is C57H102O6. The topological polar surface area (TPSA) is 78.9 Å². The number of allylic oxidation sites excluding steroid dienone is 8. The maximum Gasteiger partial charge on any atom is 0.306 e. The van der Waals surface area contributed by atoms with E-state index in [4.69, 9.17) is 14.2 Å². The second kappa shape index (κ2) is 52.0. The van der Waals surface area contributed by atoms with Gasteiger partial charge >= 0.3 is 17.9 Å². The fraction of sp³-hybridized carbons (Fsp3) is 0.807. The number of hydrogen-bond acceptors (Lipinski definition) is 6. The van der Waals surface area contributed by atoms with Crippen LogP contribution < -0.4 is 0 Å². The fourth-order valence-electron chi connectivity index (χ4n) is 7.68. The maximum atomic E-state index is 12.8. The summed E-state index contributed by atoms with van der Waals surface area (Å²) in [4.78, 5) is 38.0. The Hall–Kier alpha value is -2.63. The number of rotatable bonds is 49. The summed E-state index contributed by atoms with van der Waals surface area (Å²) >= 11 is 0. The van der Waals surface area contributed by atoms with Crippen LogP contribution in [0.15, 0.2) is 48.6 Å². The van der Waals surface area contributed by atoms with Crippen LogP contribution in [0.3, 0.4) is 0 Å². The van der Waals surface area contributed by atoms with Crippen molar-refractivity contribution in [3.05, 3.63) is 48.6 Å². The lowest BCUT2D eigenvalue weighted by Gasteiger charge is -2.18. The van der Waals surface area contributed by atoms with Gasteiger partial charge in [0.2, 0.25) is 0 Å². The molecule has 0 fully saturated rings. The lowest BCUT2D eigenvalue weighted by Crippen LogP contribution is -2.30. The van der Waals surface area contributed by atoms with Crippen LogP contribution in [0, 0.1) is 0 Å². The van der Waals surface area contributed by atoms with Gasteiger partial charge < -0.3 is 14.2 Å².